The van der Waals surface area contributed by atoms with E-state index in [2.05, 4.69) is 90.2 Å². The number of anilines is 1. The second-order valence-corrected chi connectivity index (χ2v) is 5.91. The lowest BCUT2D eigenvalue weighted by Gasteiger charge is -2.25. The highest BCUT2D eigenvalue weighted by molar-refractivity contribution is 5.58. The Kier molecular flexibility index (Phi) is 3.40. The molecule has 22 heavy (non-hydrogen) atoms. The molecule has 0 fully saturated rings. The summed E-state index contributed by atoms with van der Waals surface area (Å²) in [5.74, 6) is 0.370. The minimum absolute atomic E-state index is 0.370. The molecule has 1 nitrogen and oxygen atoms in total. The quantitative estimate of drug-likeness (QED) is 0.725. The maximum Gasteiger partial charge on any atom is 0.0411 e. The summed E-state index contributed by atoms with van der Waals surface area (Å²) in [6, 6.07) is 30.7. The molecule has 3 aromatic carbocycles. The standard InChI is InChI=1S/C21H19N/c1-3-9-16(10-4-1)21(17-11-5-2-6-12-17)20-15-18-13-7-8-14-19(18)22-20/h1-14,20-22H,15H2/t20-/m0/s1. The third-order valence-corrected chi connectivity index (χ3v) is 4.52. The molecule has 1 aliphatic rings. The van der Waals surface area contributed by atoms with Gasteiger partial charge in [0.15, 0.2) is 0 Å². The van der Waals surface area contributed by atoms with Gasteiger partial charge in [0.2, 0.25) is 0 Å². The number of hydrogen-bond donors (Lipinski definition) is 1. The van der Waals surface area contributed by atoms with E-state index in [1.807, 2.05) is 0 Å². The number of rotatable bonds is 3. The normalized spacial score (nSPS) is 16.3. The summed E-state index contributed by atoms with van der Waals surface area (Å²) in [4.78, 5) is 0. The van der Waals surface area contributed by atoms with Gasteiger partial charge in [0.1, 0.15) is 0 Å². The molecule has 0 spiro atoms. The van der Waals surface area contributed by atoms with E-state index in [4.69, 9.17) is 0 Å². The van der Waals surface area contributed by atoms with E-state index in [-0.39, 0.29) is 0 Å². The largest absolute Gasteiger partial charge is 0.381 e. The Bertz CT molecular complexity index is 685. The number of nitrogens with one attached hydrogen (secondary N) is 1. The number of fused-ring (bicyclic) bond motifs is 1. The van der Waals surface area contributed by atoms with E-state index in [0.717, 1.165) is 6.42 Å². The fourth-order valence-corrected chi connectivity index (χ4v) is 3.51. The topological polar surface area (TPSA) is 12.0 Å². The van der Waals surface area contributed by atoms with E-state index >= 15 is 0 Å². The van der Waals surface area contributed by atoms with Crippen molar-refractivity contribution in [3.8, 4) is 0 Å². The van der Waals surface area contributed by atoms with Gasteiger partial charge < -0.3 is 5.32 Å². The van der Waals surface area contributed by atoms with Crippen molar-refractivity contribution in [3.05, 3.63) is 102 Å². The Morgan fingerprint density at radius 1 is 0.682 bits per heavy atom. The van der Waals surface area contributed by atoms with Gasteiger partial charge in [0, 0.05) is 17.6 Å². The smallest absolute Gasteiger partial charge is 0.0411 e. The SMILES string of the molecule is c1ccc(C(c2ccccc2)[C@@H]2Cc3ccccc3N2)cc1. The first-order valence-electron chi connectivity index (χ1n) is 7.86. The zero-order valence-electron chi connectivity index (χ0n) is 12.4. The molecule has 0 amide bonds. The van der Waals surface area contributed by atoms with Crippen LogP contribution in [0.4, 0.5) is 5.69 Å². The first kappa shape index (κ1) is 13.1. The first-order valence-corrected chi connectivity index (χ1v) is 7.86. The van der Waals surface area contributed by atoms with E-state index in [0.29, 0.717) is 12.0 Å². The van der Waals surface area contributed by atoms with E-state index < -0.39 is 0 Å². The van der Waals surface area contributed by atoms with Crippen molar-refractivity contribution in [1.29, 1.82) is 0 Å². The second kappa shape index (κ2) is 5.69. The van der Waals surface area contributed by atoms with Crippen molar-refractivity contribution >= 4 is 5.69 Å². The Balaban J connectivity index is 1.74. The van der Waals surface area contributed by atoms with E-state index in [9.17, 15) is 0 Å². The van der Waals surface area contributed by atoms with Crippen LogP contribution in [0, 0.1) is 0 Å². The maximum absolute atomic E-state index is 3.73. The predicted octanol–water partition coefficient (Wildman–Crippen LogP) is 4.86. The third kappa shape index (κ3) is 2.39. The van der Waals surface area contributed by atoms with Crippen LogP contribution in [0.2, 0.25) is 0 Å². The molecule has 0 saturated carbocycles. The molecule has 4 rings (SSSR count). The van der Waals surface area contributed by atoms with Crippen LogP contribution in [0.3, 0.4) is 0 Å². The fourth-order valence-electron chi connectivity index (χ4n) is 3.51. The number of benzene rings is 3. The summed E-state index contributed by atoms with van der Waals surface area (Å²) >= 11 is 0. The molecule has 1 N–H and O–H groups in total. The Hall–Kier alpha value is -2.54. The lowest BCUT2D eigenvalue weighted by Crippen LogP contribution is -2.26. The van der Waals surface area contributed by atoms with Crippen LogP contribution >= 0.6 is 0 Å². The van der Waals surface area contributed by atoms with Crippen LogP contribution in [-0.2, 0) is 6.42 Å². The highest BCUT2D eigenvalue weighted by atomic mass is 15.0. The second-order valence-electron chi connectivity index (χ2n) is 5.91. The highest BCUT2D eigenvalue weighted by Gasteiger charge is 2.29. The average Bonchev–Trinajstić information content (AvgIpc) is 3.00. The van der Waals surface area contributed by atoms with Crippen LogP contribution in [0.1, 0.15) is 22.6 Å². The molecule has 108 valence electrons. The molecule has 3 aromatic rings. The van der Waals surface area contributed by atoms with Crippen molar-refractivity contribution in [2.24, 2.45) is 0 Å². The molecule has 0 saturated heterocycles. The summed E-state index contributed by atoms with van der Waals surface area (Å²) in [5, 5.41) is 3.73. The van der Waals surface area contributed by atoms with Gasteiger partial charge in [-0.3, -0.25) is 0 Å². The Labute approximate surface area is 131 Å². The first-order chi connectivity index (χ1) is 10.9. The zero-order chi connectivity index (χ0) is 14.8. The molecule has 0 radical (unpaired) electrons. The van der Waals surface area contributed by atoms with Gasteiger partial charge in [-0.15, -0.1) is 0 Å². The number of para-hydroxylation sites is 1. The molecule has 0 bridgehead atoms. The van der Waals surface area contributed by atoms with Gasteiger partial charge in [-0.1, -0.05) is 78.9 Å². The molecule has 1 heterocycles. The van der Waals surface area contributed by atoms with Crippen molar-refractivity contribution in [3.63, 3.8) is 0 Å². The molecular formula is C21H19N. The molecule has 1 heteroatoms. The molecule has 1 atom stereocenters. The summed E-state index contributed by atoms with van der Waals surface area (Å²) < 4.78 is 0. The van der Waals surface area contributed by atoms with Crippen molar-refractivity contribution in [2.75, 3.05) is 5.32 Å². The molecule has 0 aliphatic carbocycles. The van der Waals surface area contributed by atoms with Gasteiger partial charge in [0.25, 0.3) is 0 Å². The average molecular weight is 285 g/mol. The summed E-state index contributed by atoms with van der Waals surface area (Å²) in [6.07, 6.45) is 1.07. The van der Waals surface area contributed by atoms with Crippen LogP contribution in [-0.4, -0.2) is 6.04 Å². The van der Waals surface area contributed by atoms with Crippen LogP contribution in [0.15, 0.2) is 84.9 Å². The molecule has 0 unspecified atom stereocenters. The number of hydrogen-bond acceptors (Lipinski definition) is 1. The lowest BCUT2D eigenvalue weighted by molar-refractivity contribution is 0.654. The van der Waals surface area contributed by atoms with Crippen LogP contribution in [0.5, 0.6) is 0 Å². The van der Waals surface area contributed by atoms with E-state index in [1.54, 1.807) is 0 Å². The van der Waals surface area contributed by atoms with Crippen molar-refractivity contribution in [2.45, 2.75) is 18.4 Å². The summed E-state index contributed by atoms with van der Waals surface area (Å²) in [7, 11) is 0. The zero-order valence-corrected chi connectivity index (χ0v) is 12.4. The highest BCUT2D eigenvalue weighted by Crippen LogP contribution is 2.36. The van der Waals surface area contributed by atoms with Crippen molar-refractivity contribution < 1.29 is 0 Å². The Morgan fingerprint density at radius 2 is 1.23 bits per heavy atom. The lowest BCUT2D eigenvalue weighted by atomic mass is 9.84. The predicted molar refractivity (Wildman–Crippen MR) is 92.3 cm³/mol. The van der Waals surface area contributed by atoms with Gasteiger partial charge in [-0.2, -0.15) is 0 Å². The van der Waals surface area contributed by atoms with Crippen LogP contribution < -0.4 is 5.32 Å². The molecular weight excluding hydrogens is 266 g/mol. The summed E-state index contributed by atoms with van der Waals surface area (Å²) in [5.41, 5.74) is 5.45. The molecule has 1 aliphatic heterocycles. The minimum atomic E-state index is 0.370. The van der Waals surface area contributed by atoms with E-state index in [1.165, 1.54) is 22.4 Å². The fraction of sp³-hybridized carbons (Fsp3) is 0.143. The third-order valence-electron chi connectivity index (χ3n) is 4.52. The maximum atomic E-state index is 3.73. The van der Waals surface area contributed by atoms with Gasteiger partial charge in [0.05, 0.1) is 0 Å². The van der Waals surface area contributed by atoms with Gasteiger partial charge in [-0.25, -0.2) is 0 Å². The van der Waals surface area contributed by atoms with Gasteiger partial charge in [-0.05, 0) is 29.2 Å². The Morgan fingerprint density at radius 3 is 1.82 bits per heavy atom. The molecule has 0 aromatic heterocycles. The van der Waals surface area contributed by atoms with Gasteiger partial charge >= 0.3 is 0 Å². The summed E-state index contributed by atoms with van der Waals surface area (Å²) in [6.45, 7) is 0. The minimum Gasteiger partial charge on any atom is -0.381 e. The van der Waals surface area contributed by atoms with Crippen molar-refractivity contribution in [1.82, 2.24) is 0 Å². The van der Waals surface area contributed by atoms with Crippen LogP contribution in [0.25, 0.3) is 0 Å². The monoisotopic (exact) mass is 285 g/mol.